The van der Waals surface area contributed by atoms with Crippen molar-refractivity contribution in [2.45, 2.75) is 19.3 Å². The number of aryl methyl sites for hydroxylation is 1. The highest BCUT2D eigenvalue weighted by atomic mass is 16.3. The van der Waals surface area contributed by atoms with Crippen molar-refractivity contribution < 1.29 is 15.0 Å². The first-order valence-electron chi connectivity index (χ1n) is 6.95. The number of rotatable bonds is 6. The molecule has 0 saturated carbocycles. The number of hydrogen-bond donors (Lipinski definition) is 3. The summed E-state index contributed by atoms with van der Waals surface area (Å²) in [5.74, 6) is 0.0335. The summed E-state index contributed by atoms with van der Waals surface area (Å²) in [7, 11) is 0. The van der Waals surface area contributed by atoms with Gasteiger partial charge in [0.25, 0.3) is 0 Å². The molecule has 21 heavy (non-hydrogen) atoms. The zero-order valence-electron chi connectivity index (χ0n) is 11.7. The van der Waals surface area contributed by atoms with E-state index in [0.29, 0.717) is 6.42 Å². The fourth-order valence-electron chi connectivity index (χ4n) is 2.14. The Kier molecular flexibility index (Phi) is 5.35. The molecule has 2 rings (SSSR count). The molecular formula is C17H19NO3. The molecule has 110 valence electrons. The monoisotopic (exact) mass is 285 g/mol. The number of carbonyl (C=O) groups excluding carboxylic acids is 1. The average molecular weight is 285 g/mol. The molecule has 0 saturated heterocycles. The molecule has 0 unspecified atom stereocenters. The van der Waals surface area contributed by atoms with Gasteiger partial charge in [-0.15, -0.1) is 0 Å². The Labute approximate surface area is 124 Å². The van der Waals surface area contributed by atoms with Gasteiger partial charge in [-0.25, -0.2) is 0 Å². The number of anilines is 1. The van der Waals surface area contributed by atoms with Gasteiger partial charge in [-0.05, 0) is 48.2 Å². The van der Waals surface area contributed by atoms with Crippen LogP contribution in [0.25, 0.3) is 0 Å². The van der Waals surface area contributed by atoms with Crippen LogP contribution < -0.4 is 5.32 Å². The maximum Gasteiger partial charge on any atom is 0.228 e. The topological polar surface area (TPSA) is 69.6 Å². The highest BCUT2D eigenvalue weighted by molar-refractivity contribution is 5.92. The lowest BCUT2D eigenvalue weighted by molar-refractivity contribution is -0.115. The van der Waals surface area contributed by atoms with Gasteiger partial charge in [-0.2, -0.15) is 0 Å². The summed E-state index contributed by atoms with van der Waals surface area (Å²) >= 11 is 0. The van der Waals surface area contributed by atoms with E-state index >= 15 is 0 Å². The van der Waals surface area contributed by atoms with Crippen LogP contribution in [0.15, 0.2) is 48.5 Å². The number of hydrogen-bond acceptors (Lipinski definition) is 3. The van der Waals surface area contributed by atoms with Crippen molar-refractivity contribution in [2.75, 3.05) is 11.9 Å². The molecule has 0 bridgehead atoms. The fraction of sp³-hybridized carbons (Fsp3) is 0.235. The van der Waals surface area contributed by atoms with Crippen molar-refractivity contribution in [3.8, 4) is 5.75 Å². The van der Waals surface area contributed by atoms with E-state index in [1.54, 1.807) is 24.3 Å². The predicted octanol–water partition coefficient (Wildman–Crippen LogP) is 2.50. The number of aliphatic hydroxyl groups is 1. The van der Waals surface area contributed by atoms with E-state index in [9.17, 15) is 9.90 Å². The standard InChI is InChI=1S/C17H19NO3/c19-9-3-6-13-4-1-7-15(10-13)18-17(21)12-14-5-2-8-16(20)11-14/h1-2,4-5,7-8,10-11,19-20H,3,6,9,12H2,(H,18,21). The highest BCUT2D eigenvalue weighted by Crippen LogP contribution is 2.14. The lowest BCUT2D eigenvalue weighted by Crippen LogP contribution is -2.14. The molecule has 0 atom stereocenters. The Morgan fingerprint density at radius 3 is 2.57 bits per heavy atom. The van der Waals surface area contributed by atoms with Crippen LogP contribution in [-0.2, 0) is 17.6 Å². The largest absolute Gasteiger partial charge is 0.508 e. The number of phenols is 1. The third-order valence-electron chi connectivity index (χ3n) is 3.11. The van der Waals surface area contributed by atoms with Gasteiger partial charge in [0.2, 0.25) is 5.91 Å². The summed E-state index contributed by atoms with van der Waals surface area (Å²) < 4.78 is 0. The normalized spacial score (nSPS) is 10.3. The minimum atomic E-state index is -0.125. The molecule has 0 aromatic heterocycles. The minimum Gasteiger partial charge on any atom is -0.508 e. The Hall–Kier alpha value is -2.33. The molecule has 0 spiro atoms. The number of aliphatic hydroxyl groups excluding tert-OH is 1. The molecule has 0 aliphatic rings. The summed E-state index contributed by atoms with van der Waals surface area (Å²) in [4.78, 5) is 12.0. The second-order valence-electron chi connectivity index (χ2n) is 4.92. The van der Waals surface area contributed by atoms with Crippen molar-refractivity contribution in [3.05, 3.63) is 59.7 Å². The van der Waals surface area contributed by atoms with E-state index < -0.39 is 0 Å². The quantitative estimate of drug-likeness (QED) is 0.763. The zero-order valence-corrected chi connectivity index (χ0v) is 11.7. The molecule has 0 radical (unpaired) electrons. The van der Waals surface area contributed by atoms with Crippen LogP contribution in [0.2, 0.25) is 0 Å². The van der Waals surface area contributed by atoms with Crippen LogP contribution in [0, 0.1) is 0 Å². The molecule has 2 aromatic rings. The SMILES string of the molecule is O=C(Cc1cccc(O)c1)Nc1cccc(CCCO)c1. The first-order valence-corrected chi connectivity index (χ1v) is 6.95. The Bertz CT molecular complexity index is 610. The van der Waals surface area contributed by atoms with Crippen molar-refractivity contribution >= 4 is 11.6 Å². The fourth-order valence-corrected chi connectivity index (χ4v) is 2.14. The molecule has 0 heterocycles. The molecule has 3 N–H and O–H groups in total. The van der Waals surface area contributed by atoms with Crippen LogP contribution >= 0.6 is 0 Å². The second kappa shape index (κ2) is 7.45. The van der Waals surface area contributed by atoms with Crippen molar-refractivity contribution in [2.24, 2.45) is 0 Å². The van der Waals surface area contributed by atoms with E-state index in [0.717, 1.165) is 23.2 Å². The van der Waals surface area contributed by atoms with E-state index in [2.05, 4.69) is 5.32 Å². The van der Waals surface area contributed by atoms with E-state index in [-0.39, 0.29) is 24.7 Å². The average Bonchev–Trinajstić information content (AvgIpc) is 2.45. The molecule has 4 nitrogen and oxygen atoms in total. The van der Waals surface area contributed by atoms with Crippen LogP contribution in [0.1, 0.15) is 17.5 Å². The summed E-state index contributed by atoms with van der Waals surface area (Å²) in [6.07, 6.45) is 1.71. The van der Waals surface area contributed by atoms with Gasteiger partial charge in [-0.3, -0.25) is 4.79 Å². The summed E-state index contributed by atoms with van der Waals surface area (Å²) in [6, 6.07) is 14.3. The number of amides is 1. The second-order valence-corrected chi connectivity index (χ2v) is 4.92. The number of aromatic hydroxyl groups is 1. The van der Waals surface area contributed by atoms with Crippen LogP contribution in [0.4, 0.5) is 5.69 Å². The van der Waals surface area contributed by atoms with Crippen LogP contribution in [0.3, 0.4) is 0 Å². The third kappa shape index (κ3) is 4.93. The van der Waals surface area contributed by atoms with Crippen molar-refractivity contribution in [3.63, 3.8) is 0 Å². The van der Waals surface area contributed by atoms with E-state index in [1.807, 2.05) is 24.3 Å². The summed E-state index contributed by atoms with van der Waals surface area (Å²) in [6.45, 7) is 0.161. The van der Waals surface area contributed by atoms with Crippen LogP contribution in [-0.4, -0.2) is 22.7 Å². The minimum absolute atomic E-state index is 0.125. The number of benzene rings is 2. The molecular weight excluding hydrogens is 266 g/mol. The van der Waals surface area contributed by atoms with Gasteiger partial charge in [0.15, 0.2) is 0 Å². The van der Waals surface area contributed by atoms with E-state index in [4.69, 9.17) is 5.11 Å². The van der Waals surface area contributed by atoms with Gasteiger partial charge in [0, 0.05) is 12.3 Å². The highest BCUT2D eigenvalue weighted by Gasteiger charge is 2.05. The smallest absolute Gasteiger partial charge is 0.228 e. The molecule has 0 fully saturated rings. The van der Waals surface area contributed by atoms with Gasteiger partial charge < -0.3 is 15.5 Å². The van der Waals surface area contributed by atoms with Gasteiger partial charge in [-0.1, -0.05) is 24.3 Å². The first-order chi connectivity index (χ1) is 10.2. The summed E-state index contributed by atoms with van der Waals surface area (Å²) in [5.41, 5.74) is 2.60. The van der Waals surface area contributed by atoms with Crippen molar-refractivity contribution in [1.82, 2.24) is 0 Å². The van der Waals surface area contributed by atoms with Gasteiger partial charge in [0.05, 0.1) is 6.42 Å². The zero-order chi connectivity index (χ0) is 15.1. The van der Waals surface area contributed by atoms with Gasteiger partial charge >= 0.3 is 0 Å². The van der Waals surface area contributed by atoms with E-state index in [1.165, 1.54) is 0 Å². The molecule has 1 amide bonds. The Morgan fingerprint density at radius 2 is 1.81 bits per heavy atom. The molecule has 0 aliphatic heterocycles. The Morgan fingerprint density at radius 1 is 1.05 bits per heavy atom. The molecule has 2 aromatic carbocycles. The van der Waals surface area contributed by atoms with Crippen LogP contribution in [0.5, 0.6) is 5.75 Å². The van der Waals surface area contributed by atoms with Gasteiger partial charge in [0.1, 0.15) is 5.75 Å². The number of nitrogens with one attached hydrogen (secondary N) is 1. The first kappa shape index (κ1) is 15.1. The third-order valence-corrected chi connectivity index (χ3v) is 3.11. The lowest BCUT2D eigenvalue weighted by atomic mass is 10.1. The van der Waals surface area contributed by atoms with Crippen molar-refractivity contribution in [1.29, 1.82) is 0 Å². The maximum atomic E-state index is 12.0. The molecule has 4 heteroatoms. The lowest BCUT2D eigenvalue weighted by Gasteiger charge is -2.07. The Balaban J connectivity index is 1.96. The maximum absolute atomic E-state index is 12.0. The number of carbonyl (C=O) groups is 1. The predicted molar refractivity (Wildman–Crippen MR) is 82.3 cm³/mol. The number of phenolic OH excluding ortho intramolecular Hbond substituents is 1. The summed E-state index contributed by atoms with van der Waals surface area (Å²) in [5, 5.41) is 21.1. The molecule has 0 aliphatic carbocycles.